The van der Waals surface area contributed by atoms with Crippen LogP contribution in [0.2, 0.25) is 0 Å². The number of esters is 1. The van der Waals surface area contributed by atoms with Crippen LogP contribution in [0.25, 0.3) is 0 Å². The van der Waals surface area contributed by atoms with Crippen molar-refractivity contribution in [1.82, 2.24) is 15.5 Å². The Labute approximate surface area is 302 Å². The Morgan fingerprint density at radius 2 is 1.63 bits per heavy atom. The number of amides is 1. The summed E-state index contributed by atoms with van der Waals surface area (Å²) < 4.78 is 12.0. The van der Waals surface area contributed by atoms with Gasteiger partial charge in [0.15, 0.2) is 5.78 Å². The Balaban J connectivity index is 1.17. The van der Waals surface area contributed by atoms with Crippen LogP contribution in [0.3, 0.4) is 0 Å². The normalized spacial score (nSPS) is 38.7. The molecule has 0 spiro atoms. The molecule has 5 fully saturated rings. The quantitative estimate of drug-likeness (QED) is 0.258. The molecule has 0 aromatic carbocycles. The van der Waals surface area contributed by atoms with Gasteiger partial charge in [-0.25, -0.2) is 0 Å². The van der Waals surface area contributed by atoms with E-state index in [4.69, 9.17) is 9.15 Å². The van der Waals surface area contributed by atoms with Crippen molar-refractivity contribution in [2.24, 2.45) is 50.7 Å². The summed E-state index contributed by atoms with van der Waals surface area (Å²) in [5, 5.41) is 21.2. The SMILES string of the molecule is CC(C)C1=C2C3CCC4[C@@]5(C)CC[C@H](OC(=O)CC(C)(C)C(=O)O)C(C)(C)C5CC[C@@]4(C)[C@]3(C)CC[C@@]2(NC(=O)c2nnc(C3CC3)o2)CC1=O. The van der Waals surface area contributed by atoms with E-state index < -0.39 is 22.9 Å². The highest BCUT2D eigenvalue weighted by Gasteiger charge is 2.70. The Morgan fingerprint density at radius 3 is 2.27 bits per heavy atom. The Hall–Kier alpha value is -3.04. The van der Waals surface area contributed by atoms with Gasteiger partial charge in [0.25, 0.3) is 0 Å². The van der Waals surface area contributed by atoms with Crippen molar-refractivity contribution >= 4 is 23.6 Å². The average Bonchev–Trinajstić information content (AvgIpc) is 3.67. The first kappa shape index (κ1) is 36.3. The third-order valence-corrected chi connectivity index (χ3v) is 15.7. The second-order valence-electron chi connectivity index (χ2n) is 19.7. The van der Waals surface area contributed by atoms with Crippen molar-refractivity contribution in [2.75, 3.05) is 0 Å². The fraction of sp³-hybridized carbons (Fsp3) is 0.805. The first-order valence-electron chi connectivity index (χ1n) is 19.6. The van der Waals surface area contributed by atoms with E-state index in [9.17, 15) is 24.3 Å². The van der Waals surface area contributed by atoms with Crippen LogP contribution in [-0.4, -0.2) is 50.6 Å². The van der Waals surface area contributed by atoms with Crippen molar-refractivity contribution in [2.45, 2.75) is 157 Å². The maximum absolute atomic E-state index is 14.0. The summed E-state index contributed by atoms with van der Waals surface area (Å²) in [5.74, 6) is 0.129. The lowest BCUT2D eigenvalue weighted by Gasteiger charge is -2.72. The Kier molecular flexibility index (Phi) is 8.35. The summed E-state index contributed by atoms with van der Waals surface area (Å²) in [6.07, 6.45) is 9.28. The van der Waals surface area contributed by atoms with Gasteiger partial charge in [-0.15, -0.1) is 10.2 Å². The number of ether oxygens (including phenoxy) is 1. The van der Waals surface area contributed by atoms with Gasteiger partial charge < -0.3 is 19.6 Å². The second-order valence-corrected chi connectivity index (χ2v) is 19.7. The standard InChI is InChI=1S/C41H59N3O7/c1-22(2)30-25(45)20-41(42-32(47)34-44-43-33(51-34)23-10-11-23)19-18-39(8)24(31(30)41)12-13-27-38(7)16-15-28(50-29(46)21-36(3,4)35(48)49)37(5,6)26(38)14-17-40(27,39)9/h22-24,26-28H,10-21H2,1-9H3,(H,42,47)(H,48,49)/t24?,26?,27?,28-,38-,39+,40+,41+/m0/s1. The van der Waals surface area contributed by atoms with Crippen LogP contribution < -0.4 is 5.32 Å². The number of nitrogens with one attached hydrogen (secondary N) is 1. The monoisotopic (exact) mass is 705 g/mol. The van der Waals surface area contributed by atoms with Gasteiger partial charge in [-0.2, -0.15) is 0 Å². The molecule has 8 atom stereocenters. The summed E-state index contributed by atoms with van der Waals surface area (Å²) in [4.78, 5) is 52.5. The molecule has 2 N–H and O–H groups in total. The summed E-state index contributed by atoms with van der Waals surface area (Å²) in [7, 11) is 0. The summed E-state index contributed by atoms with van der Waals surface area (Å²) in [6.45, 7) is 19.4. The summed E-state index contributed by atoms with van der Waals surface area (Å²) in [6, 6.07) is 0. The molecule has 1 heterocycles. The van der Waals surface area contributed by atoms with Crippen molar-refractivity contribution in [1.29, 1.82) is 0 Å². The van der Waals surface area contributed by atoms with Gasteiger partial charge in [-0.05, 0) is 129 Å². The van der Waals surface area contributed by atoms with E-state index in [2.05, 4.69) is 64.0 Å². The molecule has 0 aliphatic heterocycles. The predicted molar refractivity (Wildman–Crippen MR) is 189 cm³/mol. The summed E-state index contributed by atoms with van der Waals surface area (Å²) >= 11 is 0. The first-order chi connectivity index (χ1) is 23.7. The minimum atomic E-state index is -1.17. The number of rotatable bonds is 8. The number of allylic oxidation sites excluding steroid dienone is 1. The number of hydrogen-bond donors (Lipinski definition) is 2. The Bertz CT molecular complexity index is 1690. The lowest BCUT2D eigenvalue weighted by Crippen LogP contribution is -2.67. The Morgan fingerprint density at radius 1 is 0.922 bits per heavy atom. The number of carbonyl (C=O) groups is 4. The first-order valence-corrected chi connectivity index (χ1v) is 19.6. The predicted octanol–water partition coefficient (Wildman–Crippen LogP) is 7.82. The minimum absolute atomic E-state index is 0.00875. The van der Waals surface area contributed by atoms with Gasteiger partial charge in [0.2, 0.25) is 5.89 Å². The van der Waals surface area contributed by atoms with Gasteiger partial charge in [-0.3, -0.25) is 19.2 Å². The van der Waals surface area contributed by atoms with E-state index >= 15 is 0 Å². The largest absolute Gasteiger partial charge is 0.481 e. The molecular weight excluding hydrogens is 646 g/mol. The highest BCUT2D eigenvalue weighted by molar-refractivity contribution is 6.03. The average molecular weight is 706 g/mol. The lowest BCUT2D eigenvalue weighted by atomic mass is 9.33. The molecule has 6 aliphatic rings. The molecule has 0 bridgehead atoms. The van der Waals surface area contributed by atoms with E-state index in [-0.39, 0.29) is 75.9 Å². The molecule has 1 aromatic rings. The number of carboxylic acid groups (broad SMARTS) is 1. The zero-order chi connectivity index (χ0) is 37.1. The number of ketones is 1. The molecule has 280 valence electrons. The van der Waals surface area contributed by atoms with E-state index in [0.29, 0.717) is 24.1 Å². The third-order valence-electron chi connectivity index (χ3n) is 15.7. The third kappa shape index (κ3) is 5.37. The van der Waals surface area contributed by atoms with Crippen LogP contribution in [0.1, 0.15) is 162 Å². The second kappa shape index (κ2) is 11.7. The van der Waals surface area contributed by atoms with Crippen molar-refractivity contribution < 1.29 is 33.4 Å². The molecule has 6 aliphatic carbocycles. The fourth-order valence-electron chi connectivity index (χ4n) is 12.7. The van der Waals surface area contributed by atoms with Gasteiger partial charge in [0, 0.05) is 17.8 Å². The number of Topliss-reactive ketones (excluding diaryl/α,β-unsaturated/α-hetero) is 1. The van der Waals surface area contributed by atoms with E-state index in [1.54, 1.807) is 13.8 Å². The number of fused-ring (bicyclic) bond motifs is 7. The number of carbonyl (C=O) groups excluding carboxylic acids is 3. The minimum Gasteiger partial charge on any atom is -0.481 e. The number of aliphatic carboxylic acids is 1. The molecule has 51 heavy (non-hydrogen) atoms. The topological polar surface area (TPSA) is 149 Å². The van der Waals surface area contributed by atoms with Crippen LogP contribution in [-0.2, 0) is 19.1 Å². The molecule has 0 saturated heterocycles. The molecule has 10 heteroatoms. The molecule has 5 saturated carbocycles. The number of nitrogens with zero attached hydrogens (tertiary/aromatic N) is 2. The van der Waals surface area contributed by atoms with E-state index in [0.717, 1.165) is 63.4 Å². The lowest BCUT2D eigenvalue weighted by molar-refractivity contribution is -0.232. The highest BCUT2D eigenvalue weighted by Crippen LogP contribution is 2.76. The zero-order valence-corrected chi connectivity index (χ0v) is 32.2. The van der Waals surface area contributed by atoms with Crippen LogP contribution in [0.4, 0.5) is 0 Å². The van der Waals surface area contributed by atoms with Crippen molar-refractivity contribution in [3.05, 3.63) is 22.9 Å². The van der Waals surface area contributed by atoms with Crippen molar-refractivity contribution in [3.8, 4) is 0 Å². The number of aromatic nitrogens is 2. The maximum atomic E-state index is 14.0. The highest BCUT2D eigenvalue weighted by atomic mass is 16.5. The van der Waals surface area contributed by atoms with Crippen LogP contribution in [0, 0.1) is 50.7 Å². The molecule has 3 unspecified atom stereocenters. The van der Waals surface area contributed by atoms with E-state index in [1.807, 2.05) is 0 Å². The number of carboxylic acids is 1. The molecular formula is C41H59N3O7. The smallest absolute Gasteiger partial charge is 0.309 e. The molecule has 1 aromatic heterocycles. The maximum Gasteiger partial charge on any atom is 0.309 e. The van der Waals surface area contributed by atoms with Gasteiger partial charge >= 0.3 is 23.7 Å². The van der Waals surface area contributed by atoms with Gasteiger partial charge in [0.05, 0.1) is 17.4 Å². The van der Waals surface area contributed by atoms with Gasteiger partial charge in [0.1, 0.15) is 6.10 Å². The molecule has 0 radical (unpaired) electrons. The fourth-order valence-corrected chi connectivity index (χ4v) is 12.7. The van der Waals surface area contributed by atoms with Crippen LogP contribution in [0.15, 0.2) is 15.6 Å². The van der Waals surface area contributed by atoms with Gasteiger partial charge in [-0.1, -0.05) is 48.5 Å². The molecule has 1 amide bonds. The zero-order valence-electron chi connectivity index (χ0n) is 32.2. The van der Waals surface area contributed by atoms with Crippen LogP contribution in [0.5, 0.6) is 0 Å². The number of hydrogen-bond acceptors (Lipinski definition) is 8. The van der Waals surface area contributed by atoms with Crippen LogP contribution >= 0.6 is 0 Å². The summed E-state index contributed by atoms with van der Waals surface area (Å²) in [5.41, 5.74) is -0.130. The molecule has 10 nitrogen and oxygen atoms in total. The van der Waals surface area contributed by atoms with E-state index in [1.165, 1.54) is 5.57 Å². The van der Waals surface area contributed by atoms with Crippen molar-refractivity contribution in [3.63, 3.8) is 0 Å². The molecule has 7 rings (SSSR count).